The van der Waals surface area contributed by atoms with Crippen LogP contribution in [0.15, 0.2) is 36.5 Å². The van der Waals surface area contributed by atoms with Crippen molar-refractivity contribution in [2.75, 3.05) is 20.2 Å². The first kappa shape index (κ1) is 26.0. The lowest BCUT2D eigenvalue weighted by Crippen LogP contribution is -2.52. The van der Waals surface area contributed by atoms with Crippen molar-refractivity contribution in [2.45, 2.75) is 38.0 Å². The van der Waals surface area contributed by atoms with Gasteiger partial charge in [0.15, 0.2) is 5.78 Å². The number of methoxy groups -OCH3 is 1. The topological polar surface area (TPSA) is 122 Å². The molecule has 3 heterocycles. The number of H-pyrrole nitrogens is 1. The maximum atomic E-state index is 13.1. The van der Waals surface area contributed by atoms with Gasteiger partial charge in [0.2, 0.25) is 0 Å². The van der Waals surface area contributed by atoms with Crippen LogP contribution in [0.4, 0.5) is 13.2 Å². The van der Waals surface area contributed by atoms with Crippen molar-refractivity contribution in [3.05, 3.63) is 53.2 Å². The molecule has 12 heteroatoms. The van der Waals surface area contributed by atoms with Crippen LogP contribution in [-0.4, -0.2) is 69.8 Å². The lowest BCUT2D eigenvalue weighted by atomic mass is 9.82. The Morgan fingerprint density at radius 2 is 1.86 bits per heavy atom. The third kappa shape index (κ3) is 5.37. The van der Waals surface area contributed by atoms with Crippen LogP contribution in [0.1, 0.15) is 45.5 Å². The lowest BCUT2D eigenvalue weighted by molar-refractivity contribution is -0.192. The molecule has 0 unspecified atom stereocenters. The average molecular weight is 519 g/mol. The smallest absolute Gasteiger partial charge is 0.490 e. The first-order valence-corrected chi connectivity index (χ1v) is 11.4. The average Bonchev–Trinajstić information content (AvgIpc) is 3.33. The number of carbonyl (C=O) groups excluding carboxylic acids is 2. The summed E-state index contributed by atoms with van der Waals surface area (Å²) in [7, 11) is 1.58. The van der Waals surface area contributed by atoms with E-state index in [-0.39, 0.29) is 11.7 Å². The molecule has 1 spiro atoms. The number of carboxylic acid groups (broad SMARTS) is 1. The van der Waals surface area contributed by atoms with Crippen molar-refractivity contribution in [2.24, 2.45) is 0 Å². The highest BCUT2D eigenvalue weighted by atomic mass is 19.4. The molecule has 0 atom stereocenters. The second-order valence-corrected chi connectivity index (χ2v) is 8.97. The summed E-state index contributed by atoms with van der Waals surface area (Å²) in [5, 5.41) is 15.1. The second-order valence-electron chi connectivity index (χ2n) is 8.97. The number of hydrogen-bond donors (Lipinski definition) is 2. The Labute approximate surface area is 209 Å². The molecule has 0 radical (unpaired) electrons. The molecule has 2 aliphatic rings. The molecule has 9 nitrogen and oxygen atoms in total. The Balaban J connectivity index is 0.000000405. The molecule has 2 aromatic carbocycles. The number of fused-ring (bicyclic) bond motifs is 2. The number of likely N-dealkylation sites (tertiary alicyclic amines) is 1. The van der Waals surface area contributed by atoms with Crippen LogP contribution in [0, 0.1) is 6.92 Å². The number of aryl methyl sites for hydroxylation is 1. The fourth-order valence-electron chi connectivity index (χ4n) is 4.54. The fraction of sp³-hybridized carbons (Fsp3) is 0.360. The molecule has 2 N–H and O–H groups in total. The minimum atomic E-state index is -5.08. The normalized spacial score (nSPS) is 16.5. The van der Waals surface area contributed by atoms with Crippen LogP contribution in [0.5, 0.6) is 11.5 Å². The number of nitrogens with zero attached hydrogens (tertiary/aromatic N) is 2. The number of carbonyl (C=O) groups is 3. The quantitative estimate of drug-likeness (QED) is 0.522. The summed E-state index contributed by atoms with van der Waals surface area (Å²) >= 11 is 0. The Morgan fingerprint density at radius 1 is 1.19 bits per heavy atom. The Morgan fingerprint density at radius 3 is 2.49 bits per heavy atom. The van der Waals surface area contributed by atoms with E-state index in [0.29, 0.717) is 55.0 Å². The predicted molar refractivity (Wildman–Crippen MR) is 125 cm³/mol. The molecule has 3 aromatic rings. The highest BCUT2D eigenvalue weighted by Crippen LogP contribution is 2.40. The Bertz CT molecular complexity index is 1360. The summed E-state index contributed by atoms with van der Waals surface area (Å²) in [6.07, 6.45) is -1.76. The number of nitrogens with one attached hydrogen (secondary N) is 1. The van der Waals surface area contributed by atoms with Gasteiger partial charge in [-0.15, -0.1) is 0 Å². The molecule has 1 amide bonds. The first-order chi connectivity index (χ1) is 17.4. The zero-order chi connectivity index (χ0) is 27.0. The zero-order valence-corrected chi connectivity index (χ0v) is 20.0. The van der Waals surface area contributed by atoms with Gasteiger partial charge in [-0.2, -0.15) is 18.3 Å². The standard InChI is InChI=1S/C23H23N3O4.C2HF3O2/c1-14-9-15(10-16-13-24-25-21(14)16)22(28)26-7-5-23(6-8-26)12-19(27)18-11-17(29-2)3-4-20(18)30-23;3-2(4,5)1(6)7/h3-4,9-11,13H,5-8,12H2,1-2H3,(H,24,25);(H,6,7). The number of Topliss-reactive ketones (excluding diaryl/α,β-unsaturated/α-hetero) is 1. The van der Waals surface area contributed by atoms with E-state index >= 15 is 0 Å². The van der Waals surface area contributed by atoms with Crippen molar-refractivity contribution < 1.29 is 42.1 Å². The summed E-state index contributed by atoms with van der Waals surface area (Å²) < 4.78 is 43.3. The molecule has 1 saturated heterocycles. The van der Waals surface area contributed by atoms with E-state index in [1.54, 1.807) is 31.5 Å². The van der Waals surface area contributed by atoms with Crippen LogP contribution < -0.4 is 9.47 Å². The summed E-state index contributed by atoms with van der Waals surface area (Å²) in [6, 6.07) is 9.11. The maximum Gasteiger partial charge on any atom is 0.490 e. The largest absolute Gasteiger partial charge is 0.497 e. The minimum Gasteiger partial charge on any atom is -0.497 e. The fourth-order valence-corrected chi connectivity index (χ4v) is 4.54. The van der Waals surface area contributed by atoms with Gasteiger partial charge in [-0.25, -0.2) is 4.79 Å². The number of rotatable bonds is 2. The lowest BCUT2D eigenvalue weighted by Gasteiger charge is -2.44. The van der Waals surface area contributed by atoms with E-state index in [9.17, 15) is 22.8 Å². The van der Waals surface area contributed by atoms with Crippen molar-refractivity contribution in [3.8, 4) is 11.5 Å². The van der Waals surface area contributed by atoms with E-state index in [4.69, 9.17) is 19.4 Å². The third-order valence-corrected chi connectivity index (χ3v) is 6.49. The number of aromatic amines is 1. The van der Waals surface area contributed by atoms with Gasteiger partial charge in [0.25, 0.3) is 5.91 Å². The monoisotopic (exact) mass is 519 g/mol. The highest BCUT2D eigenvalue weighted by molar-refractivity contribution is 6.01. The highest BCUT2D eigenvalue weighted by Gasteiger charge is 2.44. The molecule has 37 heavy (non-hydrogen) atoms. The molecule has 0 saturated carbocycles. The number of ether oxygens (including phenoxy) is 2. The number of piperidine rings is 1. The van der Waals surface area contributed by atoms with E-state index in [1.165, 1.54) is 0 Å². The van der Waals surface area contributed by atoms with Gasteiger partial charge in [-0.05, 0) is 42.8 Å². The number of aliphatic carboxylic acids is 1. The number of amides is 1. The zero-order valence-electron chi connectivity index (χ0n) is 20.0. The van der Waals surface area contributed by atoms with Crippen molar-refractivity contribution in [1.29, 1.82) is 0 Å². The minimum absolute atomic E-state index is 0.00308. The van der Waals surface area contributed by atoms with Gasteiger partial charge in [-0.1, -0.05) is 0 Å². The van der Waals surface area contributed by atoms with E-state index in [0.717, 1.165) is 16.5 Å². The van der Waals surface area contributed by atoms with E-state index < -0.39 is 17.7 Å². The molecule has 0 bridgehead atoms. The van der Waals surface area contributed by atoms with Crippen LogP contribution in [0.2, 0.25) is 0 Å². The number of halogens is 3. The number of carboxylic acids is 1. The van der Waals surface area contributed by atoms with Crippen LogP contribution in [0.25, 0.3) is 10.9 Å². The molecule has 196 valence electrons. The Hall–Kier alpha value is -4.09. The summed E-state index contributed by atoms with van der Waals surface area (Å²) in [5.74, 6) is -1.44. The molecule has 2 aliphatic heterocycles. The molecule has 1 aromatic heterocycles. The van der Waals surface area contributed by atoms with Crippen molar-refractivity contribution in [3.63, 3.8) is 0 Å². The number of hydrogen-bond acceptors (Lipinski definition) is 6. The second kappa shape index (κ2) is 9.75. The number of benzene rings is 2. The van der Waals surface area contributed by atoms with Crippen molar-refractivity contribution >= 4 is 28.6 Å². The molecule has 1 fully saturated rings. The van der Waals surface area contributed by atoms with Gasteiger partial charge in [-0.3, -0.25) is 14.7 Å². The third-order valence-electron chi connectivity index (χ3n) is 6.49. The summed E-state index contributed by atoms with van der Waals surface area (Å²) in [6.45, 7) is 3.08. The van der Waals surface area contributed by atoms with E-state index in [1.807, 2.05) is 24.0 Å². The molecular weight excluding hydrogens is 495 g/mol. The summed E-state index contributed by atoms with van der Waals surface area (Å²) in [4.78, 5) is 36.6. The van der Waals surface area contributed by atoms with Crippen molar-refractivity contribution in [1.82, 2.24) is 15.1 Å². The first-order valence-electron chi connectivity index (χ1n) is 11.4. The molecule has 0 aliphatic carbocycles. The maximum absolute atomic E-state index is 13.1. The van der Waals surface area contributed by atoms with Crippen LogP contribution >= 0.6 is 0 Å². The van der Waals surface area contributed by atoms with Gasteiger partial charge < -0.3 is 19.5 Å². The van der Waals surface area contributed by atoms with Gasteiger partial charge in [0.1, 0.15) is 17.1 Å². The van der Waals surface area contributed by atoms with Gasteiger partial charge in [0.05, 0.1) is 30.8 Å². The summed E-state index contributed by atoms with van der Waals surface area (Å²) in [5.41, 5.74) is 2.64. The number of aromatic nitrogens is 2. The molecular formula is C25H24F3N3O6. The van der Waals surface area contributed by atoms with Crippen LogP contribution in [0.3, 0.4) is 0 Å². The predicted octanol–water partition coefficient (Wildman–Crippen LogP) is 4.15. The van der Waals surface area contributed by atoms with E-state index in [2.05, 4.69) is 10.2 Å². The SMILES string of the molecule is COc1ccc2c(c1)C(=O)CC1(CCN(C(=O)c3cc(C)c4[nH]ncc4c3)CC1)O2.O=C(O)C(F)(F)F. The number of ketones is 1. The van der Waals surface area contributed by atoms with Crippen LogP contribution in [-0.2, 0) is 4.79 Å². The number of alkyl halides is 3. The molecule has 5 rings (SSSR count). The van der Waals surface area contributed by atoms with Gasteiger partial charge in [0, 0.05) is 36.9 Å². The Kier molecular flexibility index (Phi) is 6.85. The van der Waals surface area contributed by atoms with Gasteiger partial charge >= 0.3 is 12.1 Å².